The van der Waals surface area contributed by atoms with Crippen LogP contribution in [0.4, 0.5) is 0 Å². The molecule has 0 unspecified atom stereocenters. The van der Waals surface area contributed by atoms with Crippen molar-refractivity contribution in [3.05, 3.63) is 36.0 Å². The Morgan fingerprint density at radius 2 is 2.20 bits per heavy atom. The molecule has 1 amide bonds. The van der Waals surface area contributed by atoms with Crippen molar-refractivity contribution in [2.45, 2.75) is 32.4 Å². The predicted molar refractivity (Wildman–Crippen MR) is 77.7 cm³/mol. The van der Waals surface area contributed by atoms with E-state index in [1.807, 2.05) is 40.8 Å². The summed E-state index contributed by atoms with van der Waals surface area (Å²) in [6.07, 6.45) is 4.97. The van der Waals surface area contributed by atoms with Gasteiger partial charge in [0.25, 0.3) is 0 Å². The van der Waals surface area contributed by atoms with Gasteiger partial charge in [0.2, 0.25) is 5.91 Å². The lowest BCUT2D eigenvalue weighted by atomic mass is 10.1. The summed E-state index contributed by atoms with van der Waals surface area (Å²) in [5.74, 6) is 0.133. The minimum absolute atomic E-state index is 0.133. The van der Waals surface area contributed by atoms with Crippen LogP contribution in [0.15, 0.2) is 30.5 Å². The topological polar surface area (TPSA) is 42.3 Å². The van der Waals surface area contributed by atoms with Crippen molar-refractivity contribution < 1.29 is 9.59 Å². The Bertz CT molecular complexity index is 656. The van der Waals surface area contributed by atoms with Crippen LogP contribution >= 0.6 is 0 Å². The summed E-state index contributed by atoms with van der Waals surface area (Å²) in [6.45, 7) is 3.07. The van der Waals surface area contributed by atoms with Crippen molar-refractivity contribution in [2.24, 2.45) is 0 Å². The van der Waals surface area contributed by atoms with E-state index in [2.05, 4.69) is 0 Å². The lowest BCUT2D eigenvalue weighted by Crippen LogP contribution is -2.35. The van der Waals surface area contributed by atoms with E-state index in [0.717, 1.165) is 36.6 Å². The zero-order chi connectivity index (χ0) is 14.1. The Morgan fingerprint density at radius 1 is 1.40 bits per heavy atom. The van der Waals surface area contributed by atoms with Crippen LogP contribution in [0.1, 0.15) is 30.1 Å². The Balaban J connectivity index is 1.90. The number of hydrogen-bond donors (Lipinski definition) is 0. The first-order chi connectivity index (χ1) is 9.74. The van der Waals surface area contributed by atoms with Gasteiger partial charge in [-0.05, 0) is 31.9 Å². The SMILES string of the molecule is CCN(C(=O)Cn1ccc2cccc(C=O)c21)C1CC1. The van der Waals surface area contributed by atoms with Crippen LogP contribution in [0.25, 0.3) is 10.9 Å². The Morgan fingerprint density at radius 3 is 2.85 bits per heavy atom. The molecule has 1 fully saturated rings. The molecule has 0 bridgehead atoms. The molecule has 0 aliphatic heterocycles. The van der Waals surface area contributed by atoms with E-state index in [1.54, 1.807) is 6.07 Å². The van der Waals surface area contributed by atoms with Crippen LogP contribution in [-0.4, -0.2) is 34.2 Å². The number of hydrogen-bond acceptors (Lipinski definition) is 2. The number of carbonyl (C=O) groups excluding carboxylic acids is 2. The first-order valence-electron chi connectivity index (χ1n) is 7.07. The highest BCUT2D eigenvalue weighted by atomic mass is 16.2. The first kappa shape index (κ1) is 12.9. The van der Waals surface area contributed by atoms with Gasteiger partial charge in [-0.3, -0.25) is 9.59 Å². The minimum atomic E-state index is 0.133. The molecule has 1 aromatic carbocycles. The van der Waals surface area contributed by atoms with Crippen molar-refractivity contribution in [1.29, 1.82) is 0 Å². The second-order valence-corrected chi connectivity index (χ2v) is 5.26. The maximum Gasteiger partial charge on any atom is 0.242 e. The van der Waals surface area contributed by atoms with E-state index in [4.69, 9.17) is 0 Å². The van der Waals surface area contributed by atoms with E-state index < -0.39 is 0 Å². The number of aldehydes is 1. The van der Waals surface area contributed by atoms with Crippen molar-refractivity contribution in [2.75, 3.05) is 6.54 Å². The molecule has 0 atom stereocenters. The van der Waals surface area contributed by atoms with Gasteiger partial charge >= 0.3 is 0 Å². The predicted octanol–water partition coefficient (Wildman–Crippen LogP) is 2.46. The number of benzene rings is 1. The van der Waals surface area contributed by atoms with Crippen molar-refractivity contribution in [3.8, 4) is 0 Å². The molecule has 104 valence electrons. The number of amides is 1. The maximum atomic E-state index is 12.4. The molecule has 3 rings (SSSR count). The number of para-hydroxylation sites is 1. The van der Waals surface area contributed by atoms with Crippen LogP contribution in [0, 0.1) is 0 Å². The number of fused-ring (bicyclic) bond motifs is 1. The lowest BCUT2D eigenvalue weighted by Gasteiger charge is -2.21. The maximum absolute atomic E-state index is 12.4. The fourth-order valence-corrected chi connectivity index (χ4v) is 2.78. The average Bonchev–Trinajstić information content (AvgIpc) is 3.21. The summed E-state index contributed by atoms with van der Waals surface area (Å²) in [5.41, 5.74) is 1.48. The van der Waals surface area contributed by atoms with Gasteiger partial charge in [-0.2, -0.15) is 0 Å². The van der Waals surface area contributed by atoms with E-state index >= 15 is 0 Å². The van der Waals surface area contributed by atoms with Gasteiger partial charge in [-0.15, -0.1) is 0 Å². The summed E-state index contributed by atoms with van der Waals surface area (Å²) < 4.78 is 1.88. The van der Waals surface area contributed by atoms with Gasteiger partial charge in [0.15, 0.2) is 6.29 Å². The van der Waals surface area contributed by atoms with Gasteiger partial charge in [-0.25, -0.2) is 0 Å². The third-order valence-corrected chi connectivity index (χ3v) is 3.90. The van der Waals surface area contributed by atoms with Crippen LogP contribution in [0.5, 0.6) is 0 Å². The summed E-state index contributed by atoms with van der Waals surface area (Å²) >= 11 is 0. The van der Waals surface area contributed by atoms with Crippen molar-refractivity contribution in [3.63, 3.8) is 0 Å². The van der Waals surface area contributed by atoms with E-state index in [1.165, 1.54) is 0 Å². The zero-order valence-corrected chi connectivity index (χ0v) is 11.6. The van der Waals surface area contributed by atoms with Gasteiger partial charge in [-0.1, -0.05) is 12.1 Å². The lowest BCUT2D eigenvalue weighted by molar-refractivity contribution is -0.132. The van der Waals surface area contributed by atoms with Crippen LogP contribution in [0.3, 0.4) is 0 Å². The summed E-state index contributed by atoms with van der Waals surface area (Å²) in [7, 11) is 0. The van der Waals surface area contributed by atoms with Crippen LogP contribution < -0.4 is 0 Å². The molecular formula is C16H18N2O2. The van der Waals surface area contributed by atoms with Crippen molar-refractivity contribution in [1.82, 2.24) is 9.47 Å². The third kappa shape index (κ3) is 2.22. The molecule has 4 nitrogen and oxygen atoms in total. The highest BCUT2D eigenvalue weighted by Crippen LogP contribution is 2.27. The molecule has 1 heterocycles. The largest absolute Gasteiger partial charge is 0.338 e. The second-order valence-electron chi connectivity index (χ2n) is 5.26. The normalized spacial score (nSPS) is 14.4. The third-order valence-electron chi connectivity index (χ3n) is 3.90. The van der Waals surface area contributed by atoms with Gasteiger partial charge in [0.1, 0.15) is 6.54 Å². The molecule has 0 saturated heterocycles. The molecule has 1 aromatic heterocycles. The second kappa shape index (κ2) is 5.12. The van der Waals surface area contributed by atoms with E-state index in [-0.39, 0.29) is 5.91 Å². The molecule has 4 heteroatoms. The monoisotopic (exact) mass is 270 g/mol. The Kier molecular flexibility index (Phi) is 3.30. The molecule has 20 heavy (non-hydrogen) atoms. The molecule has 1 aliphatic rings. The van der Waals surface area contributed by atoms with E-state index in [0.29, 0.717) is 18.2 Å². The highest BCUT2D eigenvalue weighted by Gasteiger charge is 2.31. The van der Waals surface area contributed by atoms with E-state index in [9.17, 15) is 9.59 Å². The number of nitrogens with zero attached hydrogens (tertiary/aromatic N) is 2. The molecule has 2 aromatic rings. The molecule has 1 saturated carbocycles. The average molecular weight is 270 g/mol. The van der Waals surface area contributed by atoms with Gasteiger partial charge < -0.3 is 9.47 Å². The van der Waals surface area contributed by atoms with Crippen LogP contribution in [0.2, 0.25) is 0 Å². The molecular weight excluding hydrogens is 252 g/mol. The van der Waals surface area contributed by atoms with Gasteiger partial charge in [0, 0.05) is 29.7 Å². The first-order valence-corrected chi connectivity index (χ1v) is 7.07. The standard InChI is InChI=1S/C16H18N2O2/c1-2-18(14-6-7-14)15(20)10-17-9-8-12-4-3-5-13(11-19)16(12)17/h3-5,8-9,11,14H,2,6-7,10H2,1H3. The van der Waals surface area contributed by atoms with Crippen molar-refractivity contribution >= 4 is 23.1 Å². The van der Waals surface area contributed by atoms with Gasteiger partial charge in [0.05, 0.1) is 5.52 Å². The Labute approximate surface area is 118 Å². The molecule has 0 radical (unpaired) electrons. The molecule has 0 spiro atoms. The zero-order valence-electron chi connectivity index (χ0n) is 11.6. The van der Waals surface area contributed by atoms with Crippen LogP contribution in [-0.2, 0) is 11.3 Å². The summed E-state index contributed by atoms with van der Waals surface area (Å²) in [4.78, 5) is 25.5. The quantitative estimate of drug-likeness (QED) is 0.783. The number of carbonyl (C=O) groups is 2. The Hall–Kier alpha value is -2.10. The fraction of sp³-hybridized carbons (Fsp3) is 0.375. The molecule has 0 N–H and O–H groups in total. The number of aromatic nitrogens is 1. The number of rotatable bonds is 5. The fourth-order valence-electron chi connectivity index (χ4n) is 2.78. The molecule has 1 aliphatic carbocycles. The highest BCUT2D eigenvalue weighted by molar-refractivity contribution is 5.97. The number of likely N-dealkylation sites (N-methyl/N-ethyl adjacent to an activating group) is 1. The summed E-state index contributed by atoms with van der Waals surface area (Å²) in [6, 6.07) is 7.99. The summed E-state index contributed by atoms with van der Waals surface area (Å²) in [5, 5.41) is 0.997. The minimum Gasteiger partial charge on any atom is -0.338 e. The smallest absolute Gasteiger partial charge is 0.242 e.